The lowest BCUT2D eigenvalue weighted by Gasteiger charge is -2.20. The minimum Gasteiger partial charge on any atom is -0.466 e. The zero-order valence-electron chi connectivity index (χ0n) is 56.6. The third kappa shape index (κ3) is 68.9. The molecule has 2 unspecified atom stereocenters. The summed E-state index contributed by atoms with van der Waals surface area (Å²) < 4.78 is 5.48. The Kier molecular flexibility index (Phi) is 71.4. The number of ether oxygens (including phenoxy) is 1. The number of aliphatic hydroxyl groups excluding tert-OH is 2. The van der Waals surface area contributed by atoms with Crippen LogP contribution in [0.5, 0.6) is 0 Å². The normalized spacial score (nSPS) is 12.8. The number of aliphatic hydroxyl groups is 2. The molecule has 0 fully saturated rings. The molecule has 0 aromatic rings. The molecule has 0 saturated carbocycles. The number of hydrogen-bond donors (Lipinski definition) is 3. The fraction of sp³-hybridized carbons (Fsp3) is 0.872. The second-order valence-corrected chi connectivity index (χ2v) is 26.0. The van der Waals surface area contributed by atoms with E-state index in [9.17, 15) is 19.8 Å². The summed E-state index contributed by atoms with van der Waals surface area (Å²) in [7, 11) is 0. The summed E-state index contributed by atoms with van der Waals surface area (Å²) in [6.07, 6.45) is 96.4. The van der Waals surface area contributed by atoms with E-state index in [0.717, 1.165) is 51.4 Å². The van der Waals surface area contributed by atoms with Crippen molar-refractivity contribution in [1.29, 1.82) is 0 Å². The molecular formula is C78H147NO5. The highest BCUT2D eigenvalue weighted by Crippen LogP contribution is 2.19. The second kappa shape index (κ2) is 73.3. The number of amides is 1. The molecular weight excluding hydrogens is 1030 g/mol. The molecule has 0 heterocycles. The number of esters is 1. The lowest BCUT2D eigenvalue weighted by atomic mass is 10.0. The molecule has 0 aromatic carbocycles. The summed E-state index contributed by atoms with van der Waals surface area (Å²) in [5.41, 5.74) is 0. The number of hydrogen-bond acceptors (Lipinski definition) is 5. The van der Waals surface area contributed by atoms with Crippen molar-refractivity contribution < 1.29 is 24.5 Å². The van der Waals surface area contributed by atoms with Crippen molar-refractivity contribution in [3.63, 3.8) is 0 Å². The van der Waals surface area contributed by atoms with Crippen LogP contribution in [0.2, 0.25) is 0 Å². The van der Waals surface area contributed by atoms with Crippen molar-refractivity contribution in [3.05, 3.63) is 48.6 Å². The first-order chi connectivity index (χ1) is 41.5. The van der Waals surface area contributed by atoms with E-state index in [1.54, 1.807) is 6.08 Å². The van der Waals surface area contributed by atoms with Crippen LogP contribution in [-0.4, -0.2) is 47.4 Å². The molecule has 0 spiro atoms. The summed E-state index contributed by atoms with van der Waals surface area (Å²) in [6, 6.07) is -0.631. The Labute approximate surface area is 525 Å². The average molecular weight is 1180 g/mol. The summed E-state index contributed by atoms with van der Waals surface area (Å²) in [4.78, 5) is 24.6. The molecule has 0 bridgehead atoms. The van der Waals surface area contributed by atoms with Gasteiger partial charge < -0.3 is 20.3 Å². The molecule has 0 aliphatic rings. The predicted octanol–water partition coefficient (Wildman–Crippen LogP) is 24.8. The largest absolute Gasteiger partial charge is 0.466 e. The molecule has 2 atom stereocenters. The Bertz CT molecular complexity index is 1400. The maximum Gasteiger partial charge on any atom is 0.305 e. The van der Waals surface area contributed by atoms with Crippen LogP contribution in [0, 0.1) is 0 Å². The van der Waals surface area contributed by atoms with E-state index < -0.39 is 12.1 Å². The van der Waals surface area contributed by atoms with E-state index in [2.05, 4.69) is 55.6 Å². The number of rotatable bonds is 71. The van der Waals surface area contributed by atoms with Gasteiger partial charge in [-0.15, -0.1) is 0 Å². The van der Waals surface area contributed by atoms with Crippen molar-refractivity contribution in [2.24, 2.45) is 0 Å². The van der Waals surface area contributed by atoms with Crippen molar-refractivity contribution in [1.82, 2.24) is 5.32 Å². The molecule has 0 aliphatic carbocycles. The minimum atomic E-state index is -0.848. The van der Waals surface area contributed by atoms with Crippen molar-refractivity contribution in [3.8, 4) is 0 Å². The van der Waals surface area contributed by atoms with Gasteiger partial charge in [0.25, 0.3) is 0 Å². The van der Waals surface area contributed by atoms with Crippen LogP contribution in [0.25, 0.3) is 0 Å². The van der Waals surface area contributed by atoms with Crippen LogP contribution in [0.3, 0.4) is 0 Å². The SMILES string of the molecule is CCCCCCC/C=C\CCCCCCCC(=O)OCCCCCCCCCCC/C=C\C/C=C\CCCCCCCCCCCCCCCC(=O)NC(CO)C(O)/C=C/CCCCCCCCCCCCCCCCCCCCCCCC. The molecule has 0 aliphatic heterocycles. The minimum absolute atomic E-state index is 0.00347. The molecule has 0 rings (SSSR count). The standard InChI is InChI=1S/C78H147NO5/c1-3-5-7-9-11-13-15-17-19-20-21-22-23-31-34-37-40-43-46-50-54-58-62-66-70-76(81)75(74-80)79-77(82)71-67-63-59-55-51-47-44-41-38-35-32-29-27-25-24-26-28-30-33-36-39-42-45-49-53-57-61-65-69-73-84-78(83)72-68-64-60-56-52-48-18-16-14-12-10-8-6-4-2/h16,18,24,26,30,33,66,70,75-76,80-81H,3-15,17,19-23,25,27-29,31-32,34-65,67-69,71-74H2,1-2H3,(H,79,82)/b18-16-,26-24-,33-30-,70-66+. The third-order valence-electron chi connectivity index (χ3n) is 17.6. The zero-order valence-corrected chi connectivity index (χ0v) is 56.6. The highest BCUT2D eigenvalue weighted by Gasteiger charge is 2.18. The molecule has 0 radical (unpaired) electrons. The quantitative estimate of drug-likeness (QED) is 0.0320. The van der Waals surface area contributed by atoms with Gasteiger partial charge in [-0.1, -0.05) is 358 Å². The predicted molar refractivity (Wildman–Crippen MR) is 370 cm³/mol. The van der Waals surface area contributed by atoms with Gasteiger partial charge in [0.1, 0.15) is 0 Å². The highest BCUT2D eigenvalue weighted by atomic mass is 16.5. The zero-order chi connectivity index (χ0) is 60.6. The van der Waals surface area contributed by atoms with Crippen molar-refractivity contribution in [2.75, 3.05) is 13.2 Å². The lowest BCUT2D eigenvalue weighted by Crippen LogP contribution is -2.45. The van der Waals surface area contributed by atoms with E-state index in [1.807, 2.05) is 6.08 Å². The van der Waals surface area contributed by atoms with Crippen molar-refractivity contribution in [2.45, 2.75) is 424 Å². The number of allylic oxidation sites excluding steroid dienone is 7. The smallest absolute Gasteiger partial charge is 0.305 e. The number of nitrogens with one attached hydrogen (secondary N) is 1. The van der Waals surface area contributed by atoms with Gasteiger partial charge in [-0.2, -0.15) is 0 Å². The van der Waals surface area contributed by atoms with Crippen LogP contribution in [-0.2, 0) is 14.3 Å². The van der Waals surface area contributed by atoms with Gasteiger partial charge in [-0.3, -0.25) is 9.59 Å². The average Bonchev–Trinajstić information content (AvgIpc) is 3.51. The first kappa shape index (κ1) is 81.8. The fourth-order valence-corrected chi connectivity index (χ4v) is 11.8. The first-order valence-corrected chi connectivity index (χ1v) is 37.9. The van der Waals surface area contributed by atoms with Gasteiger partial charge in [-0.05, 0) is 89.9 Å². The molecule has 0 aromatic heterocycles. The van der Waals surface area contributed by atoms with Gasteiger partial charge in [0, 0.05) is 12.8 Å². The Morgan fingerprint density at radius 3 is 0.917 bits per heavy atom. The number of carbonyl (C=O) groups excluding carboxylic acids is 2. The van der Waals surface area contributed by atoms with E-state index in [1.165, 1.54) is 334 Å². The number of carbonyl (C=O) groups is 2. The highest BCUT2D eigenvalue weighted by molar-refractivity contribution is 5.76. The molecule has 0 saturated heterocycles. The van der Waals surface area contributed by atoms with Gasteiger partial charge in [0.05, 0.1) is 25.4 Å². The third-order valence-corrected chi connectivity index (χ3v) is 17.6. The Morgan fingerprint density at radius 2 is 0.595 bits per heavy atom. The Morgan fingerprint density at radius 1 is 0.333 bits per heavy atom. The van der Waals surface area contributed by atoms with Crippen LogP contribution >= 0.6 is 0 Å². The number of unbranched alkanes of at least 4 members (excludes halogenated alkanes) is 54. The van der Waals surface area contributed by atoms with Gasteiger partial charge in [-0.25, -0.2) is 0 Å². The van der Waals surface area contributed by atoms with Gasteiger partial charge in [0.2, 0.25) is 5.91 Å². The summed E-state index contributed by atoms with van der Waals surface area (Å²) in [5.74, 6) is -0.0615. The molecule has 6 heteroatoms. The summed E-state index contributed by atoms with van der Waals surface area (Å²) in [6.45, 7) is 4.92. The van der Waals surface area contributed by atoms with E-state index in [-0.39, 0.29) is 18.5 Å². The summed E-state index contributed by atoms with van der Waals surface area (Å²) in [5, 5.41) is 23.3. The van der Waals surface area contributed by atoms with Crippen LogP contribution in [0.15, 0.2) is 48.6 Å². The van der Waals surface area contributed by atoms with E-state index in [4.69, 9.17) is 4.74 Å². The molecule has 3 N–H and O–H groups in total. The summed E-state index contributed by atoms with van der Waals surface area (Å²) >= 11 is 0. The lowest BCUT2D eigenvalue weighted by molar-refractivity contribution is -0.143. The molecule has 6 nitrogen and oxygen atoms in total. The van der Waals surface area contributed by atoms with Crippen LogP contribution in [0.1, 0.15) is 412 Å². The van der Waals surface area contributed by atoms with E-state index in [0.29, 0.717) is 19.4 Å². The first-order valence-electron chi connectivity index (χ1n) is 37.9. The maximum absolute atomic E-state index is 12.5. The van der Waals surface area contributed by atoms with Crippen LogP contribution in [0.4, 0.5) is 0 Å². The van der Waals surface area contributed by atoms with Crippen LogP contribution < -0.4 is 5.32 Å². The molecule has 1 amide bonds. The monoisotopic (exact) mass is 1180 g/mol. The van der Waals surface area contributed by atoms with Gasteiger partial charge in [0.15, 0.2) is 0 Å². The molecule has 494 valence electrons. The fourth-order valence-electron chi connectivity index (χ4n) is 11.8. The maximum atomic E-state index is 12.5. The van der Waals surface area contributed by atoms with Gasteiger partial charge >= 0.3 is 5.97 Å². The topological polar surface area (TPSA) is 95.9 Å². The molecule has 84 heavy (non-hydrogen) atoms. The van der Waals surface area contributed by atoms with E-state index >= 15 is 0 Å². The Hall–Kier alpha value is -2.18. The second-order valence-electron chi connectivity index (χ2n) is 26.0. The Balaban J connectivity index is 3.43. The van der Waals surface area contributed by atoms with Crippen molar-refractivity contribution >= 4 is 11.9 Å².